The lowest BCUT2D eigenvalue weighted by Gasteiger charge is -2.36. The quantitative estimate of drug-likeness (QED) is 0.365. The number of rotatable bonds is 11. The van der Waals surface area contributed by atoms with Crippen LogP contribution in [-0.4, -0.2) is 47.0 Å². The highest BCUT2D eigenvalue weighted by molar-refractivity contribution is 5.93. The molecule has 2 aromatic rings. The molecular weight excluding hydrogens is 490 g/mol. The molecule has 3 rings (SSSR count). The van der Waals surface area contributed by atoms with Crippen molar-refractivity contribution in [2.24, 2.45) is 5.92 Å². The van der Waals surface area contributed by atoms with Gasteiger partial charge in [-0.05, 0) is 75.6 Å². The molecule has 0 aliphatic heterocycles. The van der Waals surface area contributed by atoms with Crippen LogP contribution in [0.5, 0.6) is 0 Å². The fourth-order valence-corrected chi connectivity index (χ4v) is 4.99. The lowest BCUT2D eigenvalue weighted by atomic mass is 9.93. The smallest absolute Gasteiger partial charge is 0.408 e. The molecule has 2 N–H and O–H groups in total. The van der Waals surface area contributed by atoms with Crippen molar-refractivity contribution in [3.63, 3.8) is 0 Å². The first-order chi connectivity index (χ1) is 18.4. The maximum Gasteiger partial charge on any atom is 0.408 e. The van der Waals surface area contributed by atoms with E-state index in [1.807, 2.05) is 62.4 Å². The average molecular weight is 536 g/mol. The van der Waals surface area contributed by atoms with Gasteiger partial charge in [0.15, 0.2) is 0 Å². The molecule has 0 radical (unpaired) electrons. The highest BCUT2D eigenvalue weighted by Gasteiger charge is 2.48. The number of aryl methyl sites for hydroxylation is 2. The van der Waals surface area contributed by atoms with Crippen LogP contribution in [0.2, 0.25) is 0 Å². The minimum absolute atomic E-state index is 0.0999. The Labute approximate surface area is 233 Å². The molecule has 2 aromatic carbocycles. The van der Waals surface area contributed by atoms with E-state index in [1.54, 1.807) is 25.7 Å². The second-order valence-electron chi connectivity index (χ2n) is 11.8. The average Bonchev–Trinajstić information content (AvgIpc) is 3.57. The van der Waals surface area contributed by atoms with E-state index in [1.165, 1.54) is 0 Å². The van der Waals surface area contributed by atoms with Crippen LogP contribution >= 0.6 is 0 Å². The Morgan fingerprint density at radius 3 is 2.18 bits per heavy atom. The van der Waals surface area contributed by atoms with Gasteiger partial charge in [-0.3, -0.25) is 9.59 Å². The highest BCUT2D eigenvalue weighted by atomic mass is 16.6. The monoisotopic (exact) mass is 535 g/mol. The van der Waals surface area contributed by atoms with E-state index in [2.05, 4.69) is 24.5 Å². The van der Waals surface area contributed by atoms with E-state index < -0.39 is 23.8 Å². The van der Waals surface area contributed by atoms with Gasteiger partial charge < -0.3 is 20.3 Å². The summed E-state index contributed by atoms with van der Waals surface area (Å²) in [5.41, 5.74) is 2.95. The first-order valence-corrected chi connectivity index (χ1v) is 14.1. The third-order valence-electron chi connectivity index (χ3n) is 7.12. The number of amides is 3. The molecule has 0 bridgehead atoms. The maximum atomic E-state index is 14.5. The Bertz CT molecular complexity index is 1120. The molecule has 3 amide bonds. The zero-order chi connectivity index (χ0) is 28.7. The van der Waals surface area contributed by atoms with E-state index in [0.717, 1.165) is 41.5 Å². The Kier molecular flexibility index (Phi) is 10.2. The highest BCUT2D eigenvalue weighted by Crippen LogP contribution is 2.42. The van der Waals surface area contributed by atoms with Gasteiger partial charge in [0.25, 0.3) is 0 Å². The summed E-state index contributed by atoms with van der Waals surface area (Å²) >= 11 is 0. The molecule has 39 heavy (non-hydrogen) atoms. The van der Waals surface area contributed by atoms with Gasteiger partial charge in [0.2, 0.25) is 11.8 Å². The van der Waals surface area contributed by atoms with Gasteiger partial charge in [0.1, 0.15) is 17.7 Å². The molecule has 212 valence electrons. The molecule has 7 nitrogen and oxygen atoms in total. The topological polar surface area (TPSA) is 87.7 Å². The summed E-state index contributed by atoms with van der Waals surface area (Å²) in [5, 5.41) is 5.93. The number of alkyl carbamates (subject to hydrolysis) is 1. The van der Waals surface area contributed by atoms with Crippen molar-refractivity contribution in [1.29, 1.82) is 0 Å². The Balaban J connectivity index is 2.06. The van der Waals surface area contributed by atoms with Crippen LogP contribution in [0.1, 0.15) is 82.2 Å². The van der Waals surface area contributed by atoms with Gasteiger partial charge in [-0.25, -0.2) is 4.79 Å². The Morgan fingerprint density at radius 2 is 1.64 bits per heavy atom. The van der Waals surface area contributed by atoms with E-state index >= 15 is 0 Å². The van der Waals surface area contributed by atoms with Crippen molar-refractivity contribution < 1.29 is 19.1 Å². The zero-order valence-electron chi connectivity index (χ0n) is 24.5. The maximum absolute atomic E-state index is 14.5. The number of carbonyl (C=O) groups excluding carboxylic acids is 3. The van der Waals surface area contributed by atoms with E-state index in [4.69, 9.17) is 4.74 Å². The molecule has 0 heterocycles. The normalized spacial score (nSPS) is 18.0. The van der Waals surface area contributed by atoms with Crippen LogP contribution in [0.4, 0.5) is 4.79 Å². The number of nitrogens with one attached hydrogen (secondary N) is 2. The van der Waals surface area contributed by atoms with Gasteiger partial charge in [0.05, 0.1) is 0 Å². The van der Waals surface area contributed by atoms with Gasteiger partial charge in [0, 0.05) is 19.0 Å². The molecule has 1 aliphatic rings. The number of hydrogen-bond donors (Lipinski definition) is 2. The predicted octanol–water partition coefficient (Wildman–Crippen LogP) is 5.63. The SMILES string of the molecule is CCCCNC(=O)C(c1c(C)cccc1C)N(C(=O)C(Cc1ccccc1)NC(=O)OC(C)(C)C)C1CC1C. The fourth-order valence-electron chi connectivity index (χ4n) is 4.99. The standard InChI is InChI=1S/C32H45N3O4/c1-8-9-18-33-29(36)28(27-21(2)14-13-15-22(27)3)35(26-19-23(26)4)30(37)25(20-24-16-11-10-12-17-24)34-31(38)39-32(5,6)7/h10-17,23,25-26,28H,8-9,18-20H2,1-7H3,(H,33,36)(H,34,38). The Morgan fingerprint density at radius 1 is 1.03 bits per heavy atom. The third-order valence-corrected chi connectivity index (χ3v) is 7.12. The molecule has 1 fully saturated rings. The molecule has 0 aromatic heterocycles. The minimum atomic E-state index is -0.898. The Hall–Kier alpha value is -3.35. The van der Waals surface area contributed by atoms with Crippen molar-refractivity contribution in [3.8, 4) is 0 Å². The molecule has 1 aliphatic carbocycles. The molecule has 4 atom stereocenters. The van der Waals surface area contributed by atoms with Gasteiger partial charge in [-0.15, -0.1) is 0 Å². The number of nitrogens with zero attached hydrogens (tertiary/aromatic N) is 1. The van der Waals surface area contributed by atoms with Crippen molar-refractivity contribution in [2.45, 2.75) is 97.9 Å². The summed E-state index contributed by atoms with van der Waals surface area (Å²) in [7, 11) is 0. The number of unbranched alkanes of at least 4 members (excludes halogenated alkanes) is 1. The number of benzene rings is 2. The largest absolute Gasteiger partial charge is 0.444 e. The summed E-state index contributed by atoms with van der Waals surface area (Å²) in [4.78, 5) is 43.1. The van der Waals surface area contributed by atoms with Gasteiger partial charge in [-0.2, -0.15) is 0 Å². The van der Waals surface area contributed by atoms with Crippen LogP contribution in [0.3, 0.4) is 0 Å². The van der Waals surface area contributed by atoms with Crippen LogP contribution in [0.15, 0.2) is 48.5 Å². The van der Waals surface area contributed by atoms with E-state index in [-0.39, 0.29) is 30.2 Å². The first-order valence-electron chi connectivity index (χ1n) is 14.1. The minimum Gasteiger partial charge on any atom is -0.444 e. The number of hydrogen-bond acceptors (Lipinski definition) is 4. The van der Waals surface area contributed by atoms with Crippen LogP contribution in [0.25, 0.3) is 0 Å². The van der Waals surface area contributed by atoms with Crippen LogP contribution in [0, 0.1) is 19.8 Å². The number of carbonyl (C=O) groups is 3. The first kappa shape index (κ1) is 30.2. The second-order valence-corrected chi connectivity index (χ2v) is 11.8. The lowest BCUT2D eigenvalue weighted by Crippen LogP contribution is -2.55. The number of ether oxygens (including phenoxy) is 1. The lowest BCUT2D eigenvalue weighted by molar-refractivity contribution is -0.143. The van der Waals surface area contributed by atoms with Gasteiger partial charge in [-0.1, -0.05) is 68.8 Å². The third kappa shape index (κ3) is 8.32. The van der Waals surface area contributed by atoms with Crippen molar-refractivity contribution in [3.05, 3.63) is 70.8 Å². The molecular formula is C32H45N3O4. The van der Waals surface area contributed by atoms with Crippen molar-refractivity contribution >= 4 is 17.9 Å². The zero-order valence-corrected chi connectivity index (χ0v) is 24.5. The summed E-state index contributed by atoms with van der Waals surface area (Å²) < 4.78 is 5.53. The van der Waals surface area contributed by atoms with Crippen molar-refractivity contribution in [2.75, 3.05) is 6.54 Å². The summed E-state index contributed by atoms with van der Waals surface area (Å²) in [6, 6.07) is 13.7. The molecule has 0 spiro atoms. The summed E-state index contributed by atoms with van der Waals surface area (Å²) in [6.07, 6.45) is 2.25. The molecule has 1 saturated carbocycles. The summed E-state index contributed by atoms with van der Waals surface area (Å²) in [5.74, 6) is -0.218. The molecule has 7 heteroatoms. The van der Waals surface area contributed by atoms with E-state index in [9.17, 15) is 14.4 Å². The van der Waals surface area contributed by atoms with E-state index in [0.29, 0.717) is 6.54 Å². The second kappa shape index (κ2) is 13.1. The van der Waals surface area contributed by atoms with Crippen LogP contribution in [-0.2, 0) is 20.7 Å². The van der Waals surface area contributed by atoms with Gasteiger partial charge >= 0.3 is 6.09 Å². The van der Waals surface area contributed by atoms with Crippen LogP contribution < -0.4 is 10.6 Å². The molecule has 0 saturated heterocycles. The van der Waals surface area contributed by atoms with Crippen molar-refractivity contribution in [1.82, 2.24) is 15.5 Å². The summed E-state index contributed by atoms with van der Waals surface area (Å²) in [6.45, 7) is 14.0. The predicted molar refractivity (Wildman–Crippen MR) is 154 cm³/mol. The fraction of sp³-hybridized carbons (Fsp3) is 0.531. The molecule has 4 unspecified atom stereocenters.